The van der Waals surface area contributed by atoms with Crippen LogP contribution in [0, 0.1) is 0 Å². The fraction of sp³-hybridized carbons (Fsp3) is 0.474. The zero-order valence-corrected chi connectivity index (χ0v) is 15.4. The Morgan fingerprint density at radius 3 is 2.75 bits per heavy atom. The minimum absolute atomic E-state index is 0.0456. The largest absolute Gasteiger partial charge is 0.328 e. The third kappa shape index (κ3) is 3.52. The minimum atomic E-state index is 0.0456. The lowest BCUT2D eigenvalue weighted by Crippen LogP contribution is -2.48. The van der Waals surface area contributed by atoms with E-state index in [1.165, 1.54) is 11.1 Å². The highest BCUT2D eigenvalue weighted by molar-refractivity contribution is 7.09. The van der Waals surface area contributed by atoms with Crippen molar-refractivity contribution >= 4 is 17.2 Å². The van der Waals surface area contributed by atoms with Gasteiger partial charge in [0.2, 0.25) is 0 Å². The summed E-state index contributed by atoms with van der Waals surface area (Å²) in [6.45, 7) is 8.70. The zero-order chi connectivity index (χ0) is 17.1. The van der Waals surface area contributed by atoms with Gasteiger partial charge in [-0.25, -0.2) is 4.98 Å². The second-order valence-corrected chi connectivity index (χ2v) is 7.43. The Hall–Kier alpha value is -1.72. The number of aryl methyl sites for hydroxylation is 1. The van der Waals surface area contributed by atoms with Crippen molar-refractivity contribution in [2.75, 3.05) is 19.6 Å². The van der Waals surface area contributed by atoms with Gasteiger partial charge >= 0.3 is 0 Å². The quantitative estimate of drug-likeness (QED) is 0.922. The number of nitrogens with one attached hydrogen (secondary N) is 1. The van der Waals surface area contributed by atoms with Gasteiger partial charge in [-0.1, -0.05) is 45.0 Å². The first-order valence-electron chi connectivity index (χ1n) is 8.66. The number of benzene rings is 1. The first-order chi connectivity index (χ1) is 11.6. The number of nitrogens with zero attached hydrogens (tertiary/aromatic N) is 2. The van der Waals surface area contributed by atoms with Crippen molar-refractivity contribution in [3.05, 3.63) is 51.5 Å². The molecular weight excluding hydrogens is 318 g/mol. The molecule has 4 nitrogen and oxygen atoms in total. The fourth-order valence-electron chi connectivity index (χ4n) is 3.02. The van der Waals surface area contributed by atoms with Crippen LogP contribution in [-0.4, -0.2) is 35.4 Å². The molecule has 1 saturated heterocycles. The molecule has 128 valence electrons. The summed E-state index contributed by atoms with van der Waals surface area (Å²) in [7, 11) is 0. The summed E-state index contributed by atoms with van der Waals surface area (Å²) in [5, 5.41) is 6.34. The van der Waals surface area contributed by atoms with Crippen molar-refractivity contribution in [1.82, 2.24) is 15.2 Å². The van der Waals surface area contributed by atoms with Crippen molar-refractivity contribution in [2.45, 2.75) is 39.2 Å². The predicted molar refractivity (Wildman–Crippen MR) is 98.7 cm³/mol. The van der Waals surface area contributed by atoms with Crippen LogP contribution in [0.3, 0.4) is 0 Å². The number of piperazine rings is 1. The molecule has 0 radical (unpaired) electrons. The van der Waals surface area contributed by atoms with Gasteiger partial charge in [-0.05, 0) is 17.5 Å². The summed E-state index contributed by atoms with van der Waals surface area (Å²) in [5.41, 5.74) is 3.09. The lowest BCUT2D eigenvalue weighted by Gasteiger charge is -2.36. The van der Waals surface area contributed by atoms with Crippen LogP contribution in [0.4, 0.5) is 0 Å². The molecule has 1 amide bonds. The molecule has 1 aromatic heterocycles. The summed E-state index contributed by atoms with van der Waals surface area (Å²) >= 11 is 1.58. The number of amides is 1. The highest BCUT2D eigenvalue weighted by Crippen LogP contribution is 2.26. The van der Waals surface area contributed by atoms with Gasteiger partial charge in [-0.2, -0.15) is 0 Å². The number of hydrogen-bond acceptors (Lipinski definition) is 4. The van der Waals surface area contributed by atoms with Gasteiger partial charge in [0.05, 0.1) is 11.0 Å². The standard InChI is InChI=1S/C19H25N3OS/c1-4-14-5-7-15(8-6-14)17-11-20-9-10-22(17)19(23)16-12-24-18(21-16)13(2)3/h5-8,12-13,17,20H,4,9-11H2,1-3H3. The fourth-order valence-corrected chi connectivity index (χ4v) is 3.83. The topological polar surface area (TPSA) is 45.2 Å². The van der Waals surface area contributed by atoms with E-state index in [-0.39, 0.29) is 11.9 Å². The van der Waals surface area contributed by atoms with Crippen LogP contribution in [0.1, 0.15) is 59.4 Å². The number of hydrogen-bond donors (Lipinski definition) is 1. The first-order valence-corrected chi connectivity index (χ1v) is 9.54. The van der Waals surface area contributed by atoms with E-state index in [4.69, 9.17) is 0 Å². The van der Waals surface area contributed by atoms with E-state index in [1.54, 1.807) is 11.3 Å². The van der Waals surface area contributed by atoms with Gasteiger partial charge in [-0.15, -0.1) is 11.3 Å². The predicted octanol–water partition coefficient (Wildman–Crippen LogP) is 3.62. The lowest BCUT2D eigenvalue weighted by atomic mass is 10.0. The highest BCUT2D eigenvalue weighted by atomic mass is 32.1. The second kappa shape index (κ2) is 7.45. The number of thiazole rings is 1. The first kappa shape index (κ1) is 17.1. The summed E-state index contributed by atoms with van der Waals surface area (Å²) in [5.74, 6) is 0.404. The number of carbonyl (C=O) groups excluding carboxylic acids is 1. The number of aromatic nitrogens is 1. The van der Waals surface area contributed by atoms with Gasteiger partial charge in [0.25, 0.3) is 5.91 Å². The summed E-state index contributed by atoms with van der Waals surface area (Å²) in [4.78, 5) is 19.5. The third-order valence-electron chi connectivity index (χ3n) is 4.51. The van der Waals surface area contributed by atoms with E-state index >= 15 is 0 Å². The Morgan fingerprint density at radius 1 is 1.38 bits per heavy atom. The molecule has 1 fully saturated rings. The number of carbonyl (C=O) groups is 1. The van der Waals surface area contributed by atoms with Crippen molar-refractivity contribution < 1.29 is 4.79 Å². The van der Waals surface area contributed by atoms with E-state index in [0.717, 1.165) is 24.5 Å². The van der Waals surface area contributed by atoms with E-state index in [9.17, 15) is 4.79 Å². The summed E-state index contributed by atoms with van der Waals surface area (Å²) in [6, 6.07) is 8.69. The SMILES string of the molecule is CCc1ccc(C2CNCCN2C(=O)c2csc(C(C)C)n2)cc1. The molecule has 5 heteroatoms. The lowest BCUT2D eigenvalue weighted by molar-refractivity contribution is 0.0629. The maximum atomic E-state index is 13.0. The molecule has 1 aliphatic heterocycles. The minimum Gasteiger partial charge on any atom is -0.328 e. The number of rotatable bonds is 4. The summed E-state index contributed by atoms with van der Waals surface area (Å²) < 4.78 is 0. The molecule has 0 aliphatic carbocycles. The maximum Gasteiger partial charge on any atom is 0.273 e. The van der Waals surface area contributed by atoms with E-state index in [1.807, 2.05) is 10.3 Å². The molecular formula is C19H25N3OS. The van der Waals surface area contributed by atoms with Crippen LogP contribution in [0.5, 0.6) is 0 Å². The molecule has 1 unspecified atom stereocenters. The average molecular weight is 343 g/mol. The Bertz CT molecular complexity index is 693. The van der Waals surface area contributed by atoms with Crippen molar-refractivity contribution in [3.8, 4) is 0 Å². The average Bonchev–Trinajstić information content (AvgIpc) is 3.12. The van der Waals surface area contributed by atoms with E-state index < -0.39 is 0 Å². The van der Waals surface area contributed by atoms with E-state index in [2.05, 4.69) is 55.3 Å². The molecule has 0 spiro atoms. The highest BCUT2D eigenvalue weighted by Gasteiger charge is 2.30. The molecule has 1 aliphatic rings. The van der Waals surface area contributed by atoms with Crippen LogP contribution >= 0.6 is 11.3 Å². The molecule has 2 aromatic rings. The molecule has 1 aromatic carbocycles. The van der Waals surface area contributed by atoms with Gasteiger partial charge in [0, 0.05) is 30.9 Å². The third-order valence-corrected chi connectivity index (χ3v) is 5.66. The van der Waals surface area contributed by atoms with Crippen LogP contribution in [-0.2, 0) is 6.42 Å². The normalized spacial score (nSPS) is 18.2. The smallest absolute Gasteiger partial charge is 0.273 e. The van der Waals surface area contributed by atoms with E-state index in [0.29, 0.717) is 18.2 Å². The van der Waals surface area contributed by atoms with Crippen molar-refractivity contribution in [3.63, 3.8) is 0 Å². The zero-order valence-electron chi connectivity index (χ0n) is 14.6. The van der Waals surface area contributed by atoms with Gasteiger partial charge < -0.3 is 10.2 Å². The second-order valence-electron chi connectivity index (χ2n) is 6.54. The maximum absolute atomic E-state index is 13.0. The van der Waals surface area contributed by atoms with Gasteiger partial charge in [-0.3, -0.25) is 4.79 Å². The van der Waals surface area contributed by atoms with Crippen LogP contribution in [0.25, 0.3) is 0 Å². The molecule has 0 saturated carbocycles. The Balaban J connectivity index is 1.83. The molecule has 2 heterocycles. The Kier molecular flexibility index (Phi) is 5.31. The Morgan fingerprint density at radius 2 is 2.12 bits per heavy atom. The molecule has 1 N–H and O–H groups in total. The van der Waals surface area contributed by atoms with Gasteiger partial charge in [0.15, 0.2) is 0 Å². The molecule has 24 heavy (non-hydrogen) atoms. The summed E-state index contributed by atoms with van der Waals surface area (Å²) in [6.07, 6.45) is 1.03. The van der Waals surface area contributed by atoms with Crippen molar-refractivity contribution in [1.29, 1.82) is 0 Å². The Labute approximate surface area is 147 Å². The molecule has 0 bridgehead atoms. The van der Waals surface area contributed by atoms with Crippen molar-refractivity contribution in [2.24, 2.45) is 0 Å². The van der Waals surface area contributed by atoms with Crippen LogP contribution < -0.4 is 5.32 Å². The monoisotopic (exact) mass is 343 g/mol. The van der Waals surface area contributed by atoms with Crippen LogP contribution in [0.15, 0.2) is 29.6 Å². The molecule has 3 rings (SSSR count). The molecule has 1 atom stereocenters. The van der Waals surface area contributed by atoms with Crippen LogP contribution in [0.2, 0.25) is 0 Å². The van der Waals surface area contributed by atoms with Gasteiger partial charge in [0.1, 0.15) is 5.69 Å².